The molecule has 60 valence electrons. The molecule has 0 aliphatic carbocycles. The molecule has 1 fully saturated rings. The molecule has 1 saturated heterocycles. The molecule has 0 radical (unpaired) electrons. The zero-order valence-corrected chi connectivity index (χ0v) is 7.12. The predicted octanol–water partition coefficient (Wildman–Crippen LogP) is 0.983. The first-order valence-electron chi connectivity index (χ1n) is 3.94. The highest BCUT2D eigenvalue weighted by Crippen LogP contribution is 2.24. The average Bonchev–Trinajstić information content (AvgIpc) is 2.03. The number of rotatable bonds is 3. The normalized spacial score (nSPS) is 21.3. The molecule has 0 saturated carbocycles. The van der Waals surface area contributed by atoms with Crippen LogP contribution in [0.1, 0.15) is 19.3 Å². The van der Waals surface area contributed by atoms with E-state index in [4.69, 9.17) is 5.84 Å². The number of thioether (sulfide) groups is 1. The predicted molar refractivity (Wildman–Crippen MR) is 46.9 cm³/mol. The second kappa shape index (κ2) is 4.99. The van der Waals surface area contributed by atoms with E-state index >= 15 is 0 Å². The van der Waals surface area contributed by atoms with E-state index in [-0.39, 0.29) is 0 Å². The van der Waals surface area contributed by atoms with Crippen molar-refractivity contribution in [3.8, 4) is 0 Å². The fourth-order valence-corrected chi connectivity index (χ4v) is 2.53. The van der Waals surface area contributed by atoms with Crippen LogP contribution < -0.4 is 11.3 Å². The Balaban J connectivity index is 2.02. The molecule has 3 N–H and O–H groups in total. The molecule has 1 aliphatic heterocycles. The fraction of sp³-hybridized carbons (Fsp3) is 1.00. The Morgan fingerprint density at radius 3 is 2.70 bits per heavy atom. The van der Waals surface area contributed by atoms with Gasteiger partial charge in [0.25, 0.3) is 0 Å². The Kier molecular flexibility index (Phi) is 4.18. The fourth-order valence-electron chi connectivity index (χ4n) is 1.32. The van der Waals surface area contributed by atoms with E-state index in [0.29, 0.717) is 0 Å². The van der Waals surface area contributed by atoms with E-state index in [9.17, 15) is 0 Å². The Hall–Kier alpha value is 0.270. The van der Waals surface area contributed by atoms with Crippen LogP contribution >= 0.6 is 11.8 Å². The topological polar surface area (TPSA) is 38.0 Å². The van der Waals surface area contributed by atoms with Gasteiger partial charge in [0.1, 0.15) is 0 Å². The zero-order chi connectivity index (χ0) is 7.23. The summed E-state index contributed by atoms with van der Waals surface area (Å²) in [6.45, 7) is 0.981. The van der Waals surface area contributed by atoms with Crippen molar-refractivity contribution in [2.24, 2.45) is 11.8 Å². The number of nitrogens with two attached hydrogens (primary N) is 1. The molecule has 10 heavy (non-hydrogen) atoms. The minimum absolute atomic E-state index is 0.942. The SMILES string of the molecule is NNCCC1CCSCC1. The third-order valence-electron chi connectivity index (χ3n) is 2.04. The van der Waals surface area contributed by atoms with Crippen molar-refractivity contribution in [2.45, 2.75) is 19.3 Å². The molecule has 3 heteroatoms. The molecule has 1 rings (SSSR count). The molecule has 0 bridgehead atoms. The van der Waals surface area contributed by atoms with Gasteiger partial charge in [-0.05, 0) is 36.7 Å². The van der Waals surface area contributed by atoms with Crippen molar-refractivity contribution in [1.29, 1.82) is 0 Å². The summed E-state index contributed by atoms with van der Waals surface area (Å²) in [5.74, 6) is 8.85. The summed E-state index contributed by atoms with van der Waals surface area (Å²) in [7, 11) is 0. The van der Waals surface area contributed by atoms with Gasteiger partial charge in [-0.15, -0.1) is 0 Å². The van der Waals surface area contributed by atoms with Gasteiger partial charge >= 0.3 is 0 Å². The highest BCUT2D eigenvalue weighted by atomic mass is 32.2. The molecule has 1 heterocycles. The highest BCUT2D eigenvalue weighted by molar-refractivity contribution is 7.99. The van der Waals surface area contributed by atoms with Gasteiger partial charge < -0.3 is 0 Å². The monoisotopic (exact) mass is 160 g/mol. The lowest BCUT2D eigenvalue weighted by atomic mass is 9.99. The molecule has 2 nitrogen and oxygen atoms in total. The maximum absolute atomic E-state index is 5.19. The van der Waals surface area contributed by atoms with Crippen molar-refractivity contribution >= 4 is 11.8 Å². The van der Waals surface area contributed by atoms with Crippen LogP contribution in [0.5, 0.6) is 0 Å². The largest absolute Gasteiger partial charge is 0.271 e. The van der Waals surface area contributed by atoms with Crippen molar-refractivity contribution < 1.29 is 0 Å². The van der Waals surface area contributed by atoms with Gasteiger partial charge in [0.15, 0.2) is 0 Å². The molecule has 0 amide bonds. The van der Waals surface area contributed by atoms with Crippen LogP contribution in [-0.2, 0) is 0 Å². The number of hydrogen-bond donors (Lipinski definition) is 2. The standard InChI is InChI=1S/C7H16N2S/c8-9-4-1-7-2-5-10-6-3-7/h7,9H,1-6,8H2. The van der Waals surface area contributed by atoms with Crippen LogP contribution in [0.25, 0.3) is 0 Å². The van der Waals surface area contributed by atoms with Crippen LogP contribution in [0, 0.1) is 5.92 Å². The van der Waals surface area contributed by atoms with Crippen LogP contribution in [0.4, 0.5) is 0 Å². The van der Waals surface area contributed by atoms with Gasteiger partial charge in [0.05, 0.1) is 0 Å². The molecule has 0 aromatic rings. The number of hydrazine groups is 1. The third kappa shape index (κ3) is 2.90. The summed E-state index contributed by atoms with van der Waals surface area (Å²) < 4.78 is 0. The Bertz CT molecular complexity index is 81.7. The maximum atomic E-state index is 5.19. The number of nitrogens with one attached hydrogen (secondary N) is 1. The molecular formula is C7H16N2S. The van der Waals surface area contributed by atoms with E-state index < -0.39 is 0 Å². The molecule has 1 aliphatic rings. The second-order valence-electron chi connectivity index (χ2n) is 2.80. The molecule has 0 unspecified atom stereocenters. The van der Waals surface area contributed by atoms with Crippen LogP contribution in [-0.4, -0.2) is 18.1 Å². The maximum Gasteiger partial charge on any atom is 0.0100 e. The van der Waals surface area contributed by atoms with E-state index in [1.54, 1.807) is 0 Å². The van der Waals surface area contributed by atoms with Gasteiger partial charge in [-0.3, -0.25) is 11.3 Å². The number of hydrogen-bond acceptors (Lipinski definition) is 3. The third-order valence-corrected chi connectivity index (χ3v) is 3.09. The van der Waals surface area contributed by atoms with E-state index in [1.807, 2.05) is 0 Å². The van der Waals surface area contributed by atoms with Gasteiger partial charge in [0.2, 0.25) is 0 Å². The first kappa shape index (κ1) is 8.37. The molecule has 0 aromatic heterocycles. The zero-order valence-electron chi connectivity index (χ0n) is 6.31. The van der Waals surface area contributed by atoms with Crippen molar-refractivity contribution in [2.75, 3.05) is 18.1 Å². The lowest BCUT2D eigenvalue weighted by molar-refractivity contribution is 0.440. The Morgan fingerprint density at radius 1 is 1.40 bits per heavy atom. The second-order valence-corrected chi connectivity index (χ2v) is 4.02. The first-order chi connectivity index (χ1) is 4.93. The Morgan fingerprint density at radius 2 is 2.10 bits per heavy atom. The van der Waals surface area contributed by atoms with Crippen LogP contribution in [0.15, 0.2) is 0 Å². The van der Waals surface area contributed by atoms with Gasteiger partial charge in [-0.1, -0.05) is 0 Å². The lowest BCUT2D eigenvalue weighted by Crippen LogP contribution is -2.25. The summed E-state index contributed by atoms with van der Waals surface area (Å²) in [5.41, 5.74) is 2.71. The van der Waals surface area contributed by atoms with E-state index in [2.05, 4.69) is 17.2 Å². The minimum atomic E-state index is 0.942. The summed E-state index contributed by atoms with van der Waals surface area (Å²) in [4.78, 5) is 0. The van der Waals surface area contributed by atoms with Gasteiger partial charge in [-0.25, -0.2) is 0 Å². The van der Waals surface area contributed by atoms with E-state index in [1.165, 1.54) is 30.8 Å². The highest BCUT2D eigenvalue weighted by Gasteiger charge is 2.12. The van der Waals surface area contributed by atoms with Crippen LogP contribution in [0.2, 0.25) is 0 Å². The Labute approximate surface area is 66.9 Å². The van der Waals surface area contributed by atoms with Crippen LogP contribution in [0.3, 0.4) is 0 Å². The summed E-state index contributed by atoms with van der Waals surface area (Å²) in [5, 5.41) is 0. The minimum Gasteiger partial charge on any atom is -0.271 e. The van der Waals surface area contributed by atoms with E-state index in [0.717, 1.165) is 12.5 Å². The van der Waals surface area contributed by atoms with Gasteiger partial charge in [0, 0.05) is 6.54 Å². The molecule has 0 atom stereocenters. The first-order valence-corrected chi connectivity index (χ1v) is 5.10. The summed E-state index contributed by atoms with van der Waals surface area (Å²) in [6, 6.07) is 0. The lowest BCUT2D eigenvalue weighted by Gasteiger charge is -2.20. The summed E-state index contributed by atoms with van der Waals surface area (Å²) in [6.07, 6.45) is 4.05. The van der Waals surface area contributed by atoms with Crippen molar-refractivity contribution in [3.63, 3.8) is 0 Å². The molecule has 0 spiro atoms. The van der Waals surface area contributed by atoms with Crippen molar-refractivity contribution in [1.82, 2.24) is 5.43 Å². The van der Waals surface area contributed by atoms with Gasteiger partial charge in [-0.2, -0.15) is 11.8 Å². The smallest absolute Gasteiger partial charge is 0.0100 e. The molecular weight excluding hydrogens is 144 g/mol. The average molecular weight is 160 g/mol. The molecule has 0 aromatic carbocycles. The quantitative estimate of drug-likeness (QED) is 0.477. The summed E-state index contributed by atoms with van der Waals surface area (Å²) >= 11 is 2.08. The van der Waals surface area contributed by atoms with Crippen molar-refractivity contribution in [3.05, 3.63) is 0 Å².